The molecule has 1 atom stereocenters. The first-order valence-electron chi connectivity index (χ1n) is 10.9. The maximum atomic E-state index is 10.9. The normalized spacial score (nSPS) is 15.9. The van der Waals surface area contributed by atoms with Gasteiger partial charge in [-0.05, 0) is 37.5 Å². The number of rotatable bonds is 13. The Morgan fingerprint density at radius 2 is 1.97 bits per heavy atom. The Hall–Kier alpha value is -1.12. The third kappa shape index (κ3) is 18.9. The van der Waals surface area contributed by atoms with Crippen LogP contribution in [0, 0.1) is 5.92 Å². The van der Waals surface area contributed by atoms with Crippen molar-refractivity contribution in [1.82, 2.24) is 4.72 Å². The van der Waals surface area contributed by atoms with E-state index in [0.717, 1.165) is 55.7 Å². The molecule has 0 radical (unpaired) electrons. The van der Waals surface area contributed by atoms with E-state index in [-0.39, 0.29) is 0 Å². The number of carbonyl (C=O) groups is 1. The van der Waals surface area contributed by atoms with E-state index < -0.39 is 22.0 Å². The van der Waals surface area contributed by atoms with Crippen LogP contribution in [0.1, 0.15) is 84.5 Å². The molecule has 8 heteroatoms. The highest BCUT2D eigenvalue weighted by atomic mass is 32.2. The second kappa shape index (κ2) is 17.5. The largest absolute Gasteiger partial charge is 0.387 e. The molecule has 0 bridgehead atoms. The van der Waals surface area contributed by atoms with Crippen LogP contribution in [0.2, 0.25) is 0 Å². The first-order chi connectivity index (χ1) is 14.2. The van der Waals surface area contributed by atoms with Crippen molar-refractivity contribution >= 4 is 33.9 Å². The molecule has 1 saturated carbocycles. The quantitative estimate of drug-likeness (QED) is 0.292. The molecule has 6 nitrogen and oxygen atoms in total. The number of aliphatic hydroxyl groups excluding tert-OH is 1. The van der Waals surface area contributed by atoms with Crippen LogP contribution < -0.4 is 4.72 Å². The van der Waals surface area contributed by atoms with E-state index in [1.165, 1.54) is 37.4 Å². The van der Waals surface area contributed by atoms with Crippen molar-refractivity contribution in [1.29, 1.82) is 0 Å². The molecule has 1 amide bonds. The molecule has 0 aromatic rings. The predicted octanol–water partition coefficient (Wildman–Crippen LogP) is 5.16. The van der Waals surface area contributed by atoms with Crippen LogP contribution in [-0.4, -0.2) is 38.0 Å². The standard InChI is InChI=1S/C14H23NOS.C8H17NO3S/c1-3-10-17-12(2)15-11-14(16)9-8-13-6-4-5-7-13;1-3-4-5-6-7-8(10)9-13(2,11)12/h3,10-11,13-14,16H,2,4-9H2,1H3;3-7H2,1-2H3,(H,9,10)/b10-3-,15-11+;. The van der Waals surface area contributed by atoms with Crippen molar-refractivity contribution in [2.24, 2.45) is 10.9 Å². The highest BCUT2D eigenvalue weighted by molar-refractivity contribution is 8.05. The van der Waals surface area contributed by atoms with Crippen LogP contribution in [0.5, 0.6) is 0 Å². The lowest BCUT2D eigenvalue weighted by atomic mass is 10.00. The number of hydrogen-bond donors (Lipinski definition) is 2. The lowest BCUT2D eigenvalue weighted by Crippen LogP contribution is -2.28. The highest BCUT2D eigenvalue weighted by Crippen LogP contribution is 2.28. The summed E-state index contributed by atoms with van der Waals surface area (Å²) in [6.07, 6.45) is 15.7. The van der Waals surface area contributed by atoms with E-state index in [9.17, 15) is 18.3 Å². The minimum atomic E-state index is -3.37. The molecule has 1 aliphatic rings. The Morgan fingerprint density at radius 1 is 1.30 bits per heavy atom. The van der Waals surface area contributed by atoms with Gasteiger partial charge in [-0.2, -0.15) is 0 Å². The average molecular weight is 461 g/mol. The number of allylic oxidation sites excluding steroid dienone is 1. The summed E-state index contributed by atoms with van der Waals surface area (Å²) in [6, 6.07) is 0. The van der Waals surface area contributed by atoms with Crippen molar-refractivity contribution in [3.63, 3.8) is 0 Å². The Bertz CT molecular complexity index is 640. The van der Waals surface area contributed by atoms with E-state index in [2.05, 4.69) is 18.5 Å². The smallest absolute Gasteiger partial charge is 0.233 e. The number of aliphatic hydroxyl groups is 1. The molecular weight excluding hydrogens is 420 g/mol. The summed E-state index contributed by atoms with van der Waals surface area (Å²) in [6.45, 7) is 7.84. The van der Waals surface area contributed by atoms with E-state index >= 15 is 0 Å². The zero-order chi connectivity index (χ0) is 22.8. The van der Waals surface area contributed by atoms with E-state index in [4.69, 9.17) is 0 Å². The topological polar surface area (TPSA) is 95.8 Å². The summed E-state index contributed by atoms with van der Waals surface area (Å²) < 4.78 is 23.1. The number of thioether (sulfide) groups is 1. The number of aliphatic imine (C=N–C) groups is 1. The molecule has 1 fully saturated rings. The van der Waals surface area contributed by atoms with Crippen LogP contribution in [-0.2, 0) is 14.8 Å². The monoisotopic (exact) mass is 460 g/mol. The van der Waals surface area contributed by atoms with Gasteiger partial charge < -0.3 is 5.11 Å². The maximum absolute atomic E-state index is 10.9. The molecule has 2 N–H and O–H groups in total. The molecule has 1 rings (SSSR count). The van der Waals surface area contributed by atoms with Crippen LogP contribution in [0.3, 0.4) is 0 Å². The first-order valence-corrected chi connectivity index (χ1v) is 13.6. The van der Waals surface area contributed by atoms with E-state index in [1.54, 1.807) is 6.21 Å². The lowest BCUT2D eigenvalue weighted by molar-refractivity contribution is -0.119. The van der Waals surface area contributed by atoms with Gasteiger partial charge in [-0.15, -0.1) is 0 Å². The SMILES string of the molecule is C=C(/N=C/C(O)CCC1CCCC1)S/C=C\C.CCCCCCC(=O)NS(C)(=O)=O. The van der Waals surface area contributed by atoms with Gasteiger partial charge in [-0.3, -0.25) is 14.5 Å². The number of amides is 1. The van der Waals surface area contributed by atoms with Crippen molar-refractivity contribution in [2.45, 2.75) is 90.6 Å². The predicted molar refractivity (Wildman–Crippen MR) is 129 cm³/mol. The number of sulfonamides is 1. The second-order valence-electron chi connectivity index (χ2n) is 7.66. The molecule has 0 aromatic carbocycles. The summed E-state index contributed by atoms with van der Waals surface area (Å²) in [5, 5.41) is 12.4. The molecule has 174 valence electrons. The number of nitrogens with zero attached hydrogens (tertiary/aromatic N) is 1. The van der Waals surface area contributed by atoms with Gasteiger partial charge in [-0.1, -0.05) is 76.3 Å². The van der Waals surface area contributed by atoms with Crippen LogP contribution in [0.15, 0.2) is 28.1 Å². The third-order valence-electron chi connectivity index (χ3n) is 4.63. The van der Waals surface area contributed by atoms with Gasteiger partial charge in [0.25, 0.3) is 0 Å². The average Bonchev–Trinajstić information content (AvgIpc) is 3.19. The number of unbranched alkanes of at least 4 members (excludes halogenated alkanes) is 3. The molecule has 0 saturated heterocycles. The summed E-state index contributed by atoms with van der Waals surface area (Å²) in [5.74, 6) is 0.428. The highest BCUT2D eigenvalue weighted by Gasteiger charge is 2.15. The van der Waals surface area contributed by atoms with Gasteiger partial charge in [-0.25, -0.2) is 8.42 Å². The van der Waals surface area contributed by atoms with E-state index in [0.29, 0.717) is 6.42 Å². The molecule has 0 heterocycles. The fraction of sp³-hybridized carbons (Fsp3) is 0.727. The number of nitrogens with one attached hydrogen (secondary N) is 1. The Morgan fingerprint density at radius 3 is 2.53 bits per heavy atom. The third-order valence-corrected chi connectivity index (χ3v) is 6.02. The van der Waals surface area contributed by atoms with Gasteiger partial charge in [0.05, 0.1) is 17.4 Å². The summed E-state index contributed by atoms with van der Waals surface area (Å²) >= 11 is 1.48. The Kier molecular flexibility index (Phi) is 16.9. The minimum Gasteiger partial charge on any atom is -0.387 e. The zero-order valence-electron chi connectivity index (χ0n) is 18.8. The number of hydrogen-bond acceptors (Lipinski definition) is 6. The fourth-order valence-electron chi connectivity index (χ4n) is 3.10. The van der Waals surface area contributed by atoms with Gasteiger partial charge in [0, 0.05) is 12.6 Å². The van der Waals surface area contributed by atoms with Gasteiger partial charge in [0.2, 0.25) is 15.9 Å². The van der Waals surface area contributed by atoms with Gasteiger partial charge in [0.1, 0.15) is 0 Å². The summed E-state index contributed by atoms with van der Waals surface area (Å²) in [5.41, 5.74) is 0. The van der Waals surface area contributed by atoms with Crippen molar-refractivity contribution in [3.8, 4) is 0 Å². The van der Waals surface area contributed by atoms with Crippen molar-refractivity contribution in [2.75, 3.05) is 6.26 Å². The summed E-state index contributed by atoms with van der Waals surface area (Å²) in [7, 11) is -3.37. The fourth-order valence-corrected chi connectivity index (χ4v) is 4.03. The minimum absolute atomic E-state index is 0.299. The van der Waals surface area contributed by atoms with Crippen LogP contribution >= 0.6 is 11.8 Å². The summed E-state index contributed by atoms with van der Waals surface area (Å²) in [4.78, 5) is 15.1. The molecule has 0 aromatic heterocycles. The second-order valence-corrected chi connectivity index (χ2v) is 10.4. The molecular formula is C22H40N2O4S2. The van der Waals surface area contributed by atoms with Gasteiger partial charge >= 0.3 is 0 Å². The first kappa shape index (κ1) is 28.9. The lowest BCUT2D eigenvalue weighted by Gasteiger charge is -2.10. The molecule has 0 spiro atoms. The molecule has 30 heavy (non-hydrogen) atoms. The number of carbonyl (C=O) groups excluding carboxylic acids is 1. The van der Waals surface area contributed by atoms with Crippen LogP contribution in [0.4, 0.5) is 0 Å². The molecule has 1 unspecified atom stereocenters. The Labute approximate surface area is 187 Å². The zero-order valence-corrected chi connectivity index (χ0v) is 20.4. The van der Waals surface area contributed by atoms with Gasteiger partial charge in [0.15, 0.2) is 0 Å². The van der Waals surface area contributed by atoms with Crippen molar-refractivity contribution in [3.05, 3.63) is 23.1 Å². The Balaban J connectivity index is 0.000000584. The molecule has 1 aliphatic carbocycles. The van der Waals surface area contributed by atoms with Crippen molar-refractivity contribution < 1.29 is 18.3 Å². The van der Waals surface area contributed by atoms with Crippen LogP contribution in [0.25, 0.3) is 0 Å². The molecule has 0 aliphatic heterocycles. The van der Waals surface area contributed by atoms with E-state index in [1.807, 2.05) is 23.1 Å². The maximum Gasteiger partial charge on any atom is 0.233 e.